The van der Waals surface area contributed by atoms with Crippen molar-refractivity contribution in [3.8, 4) is 0 Å². The third-order valence-corrected chi connectivity index (χ3v) is 2.25. The Labute approximate surface area is 104 Å². The number of hydrogen-bond donors (Lipinski definition) is 3. The van der Waals surface area contributed by atoms with E-state index >= 15 is 0 Å². The highest BCUT2D eigenvalue weighted by molar-refractivity contribution is 5.76. The number of aliphatic carboxylic acids is 1. The second-order valence-electron chi connectivity index (χ2n) is 3.53. The first-order chi connectivity index (χ1) is 8.65. The molecule has 0 radical (unpaired) electrons. The molecule has 0 aliphatic rings. The number of nitrogens with zero attached hydrogens (tertiary/aromatic N) is 1. The summed E-state index contributed by atoms with van der Waals surface area (Å²) < 4.78 is 4.69. The number of aromatic nitrogens is 2. The molecule has 1 amide bonds. The van der Waals surface area contributed by atoms with Gasteiger partial charge in [-0.1, -0.05) is 12.7 Å². The summed E-state index contributed by atoms with van der Waals surface area (Å²) >= 11 is 0. The summed E-state index contributed by atoms with van der Waals surface area (Å²) in [6, 6.07) is 0. The summed E-state index contributed by atoms with van der Waals surface area (Å²) in [5.74, 6) is -1.67. The molecule has 1 atom stereocenters. The number of H-pyrrole nitrogens is 1. The zero-order chi connectivity index (χ0) is 13.4. The van der Waals surface area contributed by atoms with E-state index in [1.807, 2.05) is 0 Å². The minimum atomic E-state index is -0.961. The highest BCUT2D eigenvalue weighted by Crippen LogP contribution is 2.17. The van der Waals surface area contributed by atoms with E-state index in [0.717, 1.165) is 0 Å². The lowest BCUT2D eigenvalue weighted by Crippen LogP contribution is -2.27. The summed E-state index contributed by atoms with van der Waals surface area (Å²) in [6.07, 6.45) is 4.10. The normalized spacial score (nSPS) is 11.6. The highest BCUT2D eigenvalue weighted by atomic mass is 16.5. The van der Waals surface area contributed by atoms with E-state index in [-0.39, 0.29) is 19.6 Å². The maximum Gasteiger partial charge on any atom is 0.407 e. The van der Waals surface area contributed by atoms with Gasteiger partial charge in [0.25, 0.3) is 0 Å². The molecular weight excluding hydrogens is 238 g/mol. The summed E-state index contributed by atoms with van der Waals surface area (Å²) in [7, 11) is 0. The number of carboxylic acids is 1. The molecule has 7 heteroatoms. The largest absolute Gasteiger partial charge is 0.481 e. The van der Waals surface area contributed by atoms with E-state index in [2.05, 4.69) is 22.1 Å². The lowest BCUT2D eigenvalue weighted by molar-refractivity contribution is -0.138. The van der Waals surface area contributed by atoms with Crippen LogP contribution in [0.15, 0.2) is 25.0 Å². The molecule has 0 saturated heterocycles. The predicted molar refractivity (Wildman–Crippen MR) is 63.1 cm³/mol. The van der Waals surface area contributed by atoms with Gasteiger partial charge < -0.3 is 15.2 Å². The lowest BCUT2D eigenvalue weighted by Gasteiger charge is -2.10. The summed E-state index contributed by atoms with van der Waals surface area (Å²) in [5.41, 5.74) is 0.573. The lowest BCUT2D eigenvalue weighted by atomic mass is 9.99. The van der Waals surface area contributed by atoms with Gasteiger partial charge in [0, 0.05) is 18.3 Å². The van der Waals surface area contributed by atoms with Gasteiger partial charge in [-0.25, -0.2) is 4.79 Å². The molecule has 0 aliphatic carbocycles. The van der Waals surface area contributed by atoms with Crippen molar-refractivity contribution in [2.75, 3.05) is 13.2 Å². The van der Waals surface area contributed by atoms with Crippen LogP contribution in [0.3, 0.4) is 0 Å². The predicted octanol–water partition coefficient (Wildman–Crippen LogP) is 0.880. The van der Waals surface area contributed by atoms with Crippen molar-refractivity contribution < 1.29 is 19.4 Å². The molecule has 98 valence electrons. The number of alkyl carbamates (subject to hydrolysis) is 1. The first-order valence-electron chi connectivity index (χ1n) is 5.38. The maximum atomic E-state index is 11.1. The van der Waals surface area contributed by atoms with Gasteiger partial charge in [0.2, 0.25) is 0 Å². The van der Waals surface area contributed by atoms with Crippen molar-refractivity contribution in [2.45, 2.75) is 12.3 Å². The van der Waals surface area contributed by atoms with Gasteiger partial charge in [0.1, 0.15) is 6.61 Å². The van der Waals surface area contributed by atoms with Gasteiger partial charge in [0.15, 0.2) is 0 Å². The molecule has 1 heterocycles. The van der Waals surface area contributed by atoms with Crippen molar-refractivity contribution in [2.24, 2.45) is 0 Å². The third kappa shape index (κ3) is 4.28. The van der Waals surface area contributed by atoms with Crippen LogP contribution < -0.4 is 5.32 Å². The first-order valence-corrected chi connectivity index (χ1v) is 5.38. The van der Waals surface area contributed by atoms with Crippen molar-refractivity contribution >= 4 is 12.1 Å². The number of hydrogen-bond acceptors (Lipinski definition) is 4. The SMILES string of the molecule is C=CCOC(=O)NCCC(C(=O)O)c1cn[nH]c1. The molecule has 1 unspecified atom stereocenters. The summed E-state index contributed by atoms with van der Waals surface area (Å²) in [6.45, 7) is 3.73. The Bertz CT molecular complexity index is 402. The molecule has 1 aromatic rings. The smallest absolute Gasteiger partial charge is 0.407 e. The second kappa shape index (κ2) is 7.10. The molecule has 1 aromatic heterocycles. The quantitative estimate of drug-likeness (QED) is 0.626. The van der Waals surface area contributed by atoms with Crippen molar-refractivity contribution in [3.63, 3.8) is 0 Å². The minimum Gasteiger partial charge on any atom is -0.481 e. The van der Waals surface area contributed by atoms with E-state index in [1.165, 1.54) is 18.5 Å². The van der Waals surface area contributed by atoms with Gasteiger partial charge >= 0.3 is 12.1 Å². The Morgan fingerprint density at radius 3 is 3.00 bits per heavy atom. The Morgan fingerprint density at radius 1 is 1.67 bits per heavy atom. The maximum absolute atomic E-state index is 11.1. The van der Waals surface area contributed by atoms with Crippen LogP contribution in [0, 0.1) is 0 Å². The van der Waals surface area contributed by atoms with E-state index in [1.54, 1.807) is 0 Å². The fourth-order valence-electron chi connectivity index (χ4n) is 1.39. The zero-order valence-electron chi connectivity index (χ0n) is 9.76. The number of carbonyl (C=O) groups excluding carboxylic acids is 1. The second-order valence-corrected chi connectivity index (χ2v) is 3.53. The number of carboxylic acid groups (broad SMARTS) is 1. The van der Waals surface area contributed by atoms with E-state index in [9.17, 15) is 9.59 Å². The average molecular weight is 253 g/mol. The van der Waals surface area contributed by atoms with Crippen LogP contribution in [0.2, 0.25) is 0 Å². The van der Waals surface area contributed by atoms with Gasteiger partial charge in [-0.2, -0.15) is 5.10 Å². The molecular formula is C11H15N3O4. The highest BCUT2D eigenvalue weighted by Gasteiger charge is 2.20. The number of aromatic amines is 1. The van der Waals surface area contributed by atoms with E-state index < -0.39 is 18.0 Å². The standard InChI is InChI=1S/C11H15N3O4/c1-2-5-18-11(17)12-4-3-9(10(15)16)8-6-13-14-7-8/h2,6-7,9H,1,3-5H2,(H,12,17)(H,13,14)(H,15,16). The Balaban J connectivity index is 2.38. The summed E-state index contributed by atoms with van der Waals surface area (Å²) in [4.78, 5) is 22.1. The number of amides is 1. The number of nitrogens with one attached hydrogen (secondary N) is 2. The van der Waals surface area contributed by atoms with Gasteiger partial charge in [0.05, 0.1) is 12.1 Å². The first kappa shape index (κ1) is 13.8. The van der Waals surface area contributed by atoms with E-state index in [4.69, 9.17) is 9.84 Å². The summed E-state index contributed by atoms with van der Waals surface area (Å²) in [5, 5.41) is 17.8. The van der Waals surface area contributed by atoms with Crippen molar-refractivity contribution in [1.29, 1.82) is 0 Å². The Hall–Kier alpha value is -2.31. The number of carbonyl (C=O) groups is 2. The number of rotatable bonds is 7. The van der Waals surface area contributed by atoms with Crippen LogP contribution in [-0.2, 0) is 9.53 Å². The molecule has 0 aliphatic heterocycles. The van der Waals surface area contributed by atoms with Crippen LogP contribution in [-0.4, -0.2) is 40.5 Å². The van der Waals surface area contributed by atoms with Gasteiger partial charge in [-0.3, -0.25) is 9.89 Å². The fraction of sp³-hybridized carbons (Fsp3) is 0.364. The van der Waals surface area contributed by atoms with Crippen LogP contribution in [0.4, 0.5) is 4.79 Å². The molecule has 1 rings (SSSR count). The molecule has 0 aromatic carbocycles. The molecule has 18 heavy (non-hydrogen) atoms. The van der Waals surface area contributed by atoms with E-state index in [0.29, 0.717) is 5.56 Å². The topological polar surface area (TPSA) is 104 Å². The third-order valence-electron chi connectivity index (χ3n) is 2.25. The minimum absolute atomic E-state index is 0.121. The zero-order valence-corrected chi connectivity index (χ0v) is 9.76. The molecule has 0 fully saturated rings. The average Bonchev–Trinajstić information content (AvgIpc) is 2.85. The molecule has 3 N–H and O–H groups in total. The van der Waals surface area contributed by atoms with Gasteiger partial charge in [-0.05, 0) is 6.42 Å². The van der Waals surface area contributed by atoms with Crippen LogP contribution in [0.5, 0.6) is 0 Å². The van der Waals surface area contributed by atoms with Crippen LogP contribution in [0.25, 0.3) is 0 Å². The monoisotopic (exact) mass is 253 g/mol. The fourth-order valence-corrected chi connectivity index (χ4v) is 1.39. The van der Waals surface area contributed by atoms with Gasteiger partial charge in [-0.15, -0.1) is 0 Å². The molecule has 0 spiro atoms. The van der Waals surface area contributed by atoms with Crippen LogP contribution >= 0.6 is 0 Å². The Morgan fingerprint density at radius 2 is 2.44 bits per heavy atom. The van der Waals surface area contributed by atoms with Crippen molar-refractivity contribution in [3.05, 3.63) is 30.6 Å². The molecule has 7 nitrogen and oxygen atoms in total. The Kier molecular flexibility index (Phi) is 5.43. The van der Waals surface area contributed by atoms with Crippen molar-refractivity contribution in [1.82, 2.24) is 15.5 Å². The molecule has 0 saturated carbocycles. The molecule has 0 bridgehead atoms. The number of ether oxygens (including phenoxy) is 1. The van der Waals surface area contributed by atoms with Crippen LogP contribution in [0.1, 0.15) is 17.9 Å².